The van der Waals surface area contributed by atoms with E-state index >= 15 is 0 Å². The van der Waals surface area contributed by atoms with E-state index in [2.05, 4.69) is 257 Å². The fourth-order valence-corrected chi connectivity index (χ4v) is 43.6. The van der Waals surface area contributed by atoms with Gasteiger partial charge in [-0.2, -0.15) is 0 Å². The van der Waals surface area contributed by atoms with E-state index in [1.807, 2.05) is 155 Å². The van der Waals surface area contributed by atoms with Gasteiger partial charge in [-0.05, 0) is 201 Å². The molecule has 0 nitrogen and oxygen atoms in total. The Balaban J connectivity index is 0.000000219. The largest absolute Gasteiger partial charge is 0.267 e. The predicted octanol–water partition coefficient (Wildman–Crippen LogP) is 39.7. The Morgan fingerprint density at radius 2 is 0.575 bits per heavy atom. The summed E-state index contributed by atoms with van der Waals surface area (Å²) < 4.78 is 0. The van der Waals surface area contributed by atoms with Gasteiger partial charge < -0.3 is 0 Å². The van der Waals surface area contributed by atoms with Crippen LogP contribution in [0.2, 0.25) is 100 Å². The maximum absolute atomic E-state index is 6.77. The fraction of sp³-hybridized carbons (Fsp3) is 0.381. The van der Waals surface area contributed by atoms with E-state index in [0.29, 0.717) is 27.7 Å². The van der Waals surface area contributed by atoms with E-state index in [-0.39, 0.29) is 43.3 Å². The number of benzene rings is 5. The van der Waals surface area contributed by atoms with Crippen molar-refractivity contribution in [1.29, 1.82) is 0 Å². The smallest absolute Gasteiger partial charge is 0.145 e. The molecule has 0 fully saturated rings. The summed E-state index contributed by atoms with van der Waals surface area (Å²) in [6, 6.07) is 41.7. The van der Waals surface area contributed by atoms with E-state index in [9.17, 15) is 0 Å². The molecular formula is C97H124Cl20Si10. The first kappa shape index (κ1) is 116. The van der Waals surface area contributed by atoms with Crippen molar-refractivity contribution < 1.29 is 0 Å². The van der Waals surface area contributed by atoms with Gasteiger partial charge in [0.05, 0.1) is 0 Å². The zero-order valence-corrected chi connectivity index (χ0v) is 102. The first-order valence-corrected chi connectivity index (χ1v) is 87.1. The van der Waals surface area contributed by atoms with Crippen molar-refractivity contribution in [1.82, 2.24) is 0 Å². The molecule has 2 atom stereocenters. The first-order valence-electron chi connectivity index (χ1n) is 42.5. The van der Waals surface area contributed by atoms with Crippen molar-refractivity contribution in [3.63, 3.8) is 0 Å². The van der Waals surface area contributed by atoms with Crippen molar-refractivity contribution >= 4 is 313 Å². The number of allylic oxidation sites excluding steroid dienone is 26. The summed E-state index contributed by atoms with van der Waals surface area (Å²) in [5.74, 6) is 0. The summed E-state index contributed by atoms with van der Waals surface area (Å²) in [4.78, 5) is 0. The van der Waals surface area contributed by atoms with Gasteiger partial charge in [-0.3, -0.25) is 0 Å². The standard InChI is InChI=1S/C14H12Cl2Si.C13H22Cl2Si.C11H12Cl2Si.2C10H10Cl2Si.C10H16Cl2Si.C9H14Cl2Si.C8H12Cl2Si.2C6H8Cl2Si/c1-17(15,16)14-12-8-4-2-6-10(12)11-7-3-5-9-13(11)14;1-8-9(2)11(4)12(10(8)3)16(14,15)13(5,6)7;1-8-7-9-5-3-4-6-10(9)11(8)14(2,12)13;1-13(11,12)10-6-8-4-2-3-5-9(8)7-10;1-13(11,12)10-7-6-8-4-2-3-5-9(8)10;1-6-7(2)9(4)10(8(6)3)13(5,11)12;1-9(2,3)12(10,11)8-6-4-5-7-8;1-7(2)11(9,10)8-5-3-4-6-8;2*1-9(7,8)6-4-2-3-5-6/h2-9,14H,1H3;12H,1-7H3;3-7,11H,1-2H3;2*2-7,10H,1H3;10H,1-5H3;4-8H,1-3H3;3-8H,1-2H3;2*2-6H,1H3. The van der Waals surface area contributed by atoms with Crippen molar-refractivity contribution in [2.24, 2.45) is 0 Å². The van der Waals surface area contributed by atoms with Gasteiger partial charge in [0.15, 0.2) is 0 Å². The first-order chi connectivity index (χ1) is 58.1. The molecule has 30 heteroatoms. The molecule has 10 aliphatic rings. The van der Waals surface area contributed by atoms with E-state index in [0.717, 1.165) is 0 Å². The predicted molar refractivity (Wildman–Crippen MR) is 612 cm³/mol. The second kappa shape index (κ2) is 47.9. The van der Waals surface area contributed by atoms with E-state index in [4.69, 9.17) is 222 Å². The van der Waals surface area contributed by atoms with Gasteiger partial charge in [-0.25, -0.2) is 0 Å². The van der Waals surface area contributed by atoms with Crippen LogP contribution in [0.25, 0.3) is 35.4 Å². The Hall–Kier alpha value is 0.169. The van der Waals surface area contributed by atoms with Gasteiger partial charge in [0, 0.05) is 55.4 Å². The van der Waals surface area contributed by atoms with E-state index < -0.39 is 66.9 Å². The average molecular weight is 2280 g/mol. The number of fused-ring (bicyclic) bond motifs is 6. The van der Waals surface area contributed by atoms with Gasteiger partial charge in [0.2, 0.25) is 0 Å². The van der Waals surface area contributed by atoms with Crippen LogP contribution in [0, 0.1) is 0 Å². The quantitative estimate of drug-likeness (QED) is 0.0913. The lowest BCUT2D eigenvalue weighted by atomic mass is 10.1. The van der Waals surface area contributed by atoms with Gasteiger partial charge in [0.25, 0.3) is 66.9 Å². The summed E-state index contributed by atoms with van der Waals surface area (Å²) in [5.41, 5.74) is 25.8. The van der Waals surface area contributed by atoms with Gasteiger partial charge >= 0.3 is 0 Å². The third-order valence-corrected chi connectivity index (χ3v) is 69.3. The number of hydrogen-bond acceptors (Lipinski definition) is 0. The van der Waals surface area contributed by atoms with Crippen LogP contribution < -0.4 is 10.4 Å². The van der Waals surface area contributed by atoms with E-state index in [1.165, 1.54) is 105 Å². The van der Waals surface area contributed by atoms with Crippen molar-refractivity contribution in [2.45, 2.75) is 235 Å². The number of rotatable bonds is 11. The average Bonchev–Trinajstić information content (AvgIpc) is 1.60. The van der Waals surface area contributed by atoms with Crippen LogP contribution in [-0.4, -0.2) is 66.9 Å². The highest BCUT2D eigenvalue weighted by atomic mass is 35.7. The molecule has 692 valence electrons. The number of hydrogen-bond donors (Lipinski definition) is 0. The van der Waals surface area contributed by atoms with Crippen molar-refractivity contribution in [2.75, 3.05) is 0 Å². The van der Waals surface area contributed by atoms with Crippen LogP contribution in [-0.2, 0) is 0 Å². The molecular weight excluding hydrogens is 2150 g/mol. The second-order valence-corrected chi connectivity index (χ2v) is 114. The summed E-state index contributed by atoms with van der Waals surface area (Å²) in [5, 5.41) is 2.54. The molecule has 0 saturated carbocycles. The normalized spacial score (nSPS) is 18.8. The third-order valence-electron chi connectivity index (χ3n) is 24.5. The lowest BCUT2D eigenvalue weighted by Crippen LogP contribution is -2.38. The highest BCUT2D eigenvalue weighted by molar-refractivity contribution is 7.50. The molecule has 0 heterocycles. The second-order valence-electron chi connectivity index (χ2n) is 37.1. The minimum absolute atomic E-state index is 0.00576. The molecule has 5 aromatic carbocycles. The molecule has 0 aliphatic heterocycles. The molecule has 0 bridgehead atoms. The highest BCUT2D eigenvalue weighted by Crippen LogP contribution is 2.59. The summed E-state index contributed by atoms with van der Waals surface area (Å²) in [7, 11) is 0. The van der Waals surface area contributed by atoms with Crippen molar-refractivity contribution in [3.8, 4) is 11.1 Å². The molecule has 10 aliphatic carbocycles. The Labute approximate surface area is 866 Å². The van der Waals surface area contributed by atoms with Crippen LogP contribution >= 0.6 is 222 Å². The number of halogens is 20. The Kier molecular flexibility index (Phi) is 43.7. The third kappa shape index (κ3) is 31.6. The molecule has 0 aromatic heterocycles. The minimum atomic E-state index is -2.35. The lowest BCUT2D eigenvalue weighted by molar-refractivity contribution is 0.729. The van der Waals surface area contributed by atoms with Crippen molar-refractivity contribution in [3.05, 3.63) is 319 Å². The molecule has 0 radical (unpaired) electrons. The van der Waals surface area contributed by atoms with Crippen LogP contribution in [0.15, 0.2) is 275 Å². The molecule has 15 rings (SSSR count). The Morgan fingerprint density at radius 1 is 0.276 bits per heavy atom. The molecule has 2 unspecified atom stereocenters. The van der Waals surface area contributed by atoms with Gasteiger partial charge in [0.1, 0.15) is 0 Å². The molecule has 5 aromatic rings. The zero-order valence-electron chi connectivity index (χ0n) is 77.1. The zero-order chi connectivity index (χ0) is 96.3. The van der Waals surface area contributed by atoms with Crippen LogP contribution in [0.1, 0.15) is 168 Å². The topological polar surface area (TPSA) is 0 Å². The minimum Gasteiger partial charge on any atom is -0.145 e. The SMILES string of the molecule is CC(C)(C)[Si](Cl)(Cl)C1C=CC=C1.CC(C)[Si](Cl)(Cl)C1C=CC=C1.CC1=C(C)C([Si](C)(Cl)Cl)C(C)=C1C.CC1=C(C)C([Si](Cl)(Cl)C(C)(C)C)C(C)=C1C.CC1=Cc2ccccc2C1[Si](C)(Cl)Cl.C[Si](Cl)(Cl)C1C=CC=C1.C[Si](Cl)(Cl)C1C=CC=C1.C[Si](Cl)(Cl)C1C=Cc2ccccc21.C[Si](Cl)(Cl)C1C=c2ccccc2=C1.C[Si](Cl)(Cl)C1c2ccccc2-c2ccccc21. The maximum atomic E-state index is 6.77. The molecule has 0 N–H and O–H groups in total. The Bertz CT molecular complexity index is 5020. The fourth-order valence-electron chi connectivity index (χ4n) is 16.3. The monoisotopic (exact) mass is 2270 g/mol. The summed E-state index contributed by atoms with van der Waals surface area (Å²) in [6.45, 7) is 28.9. The molecule has 0 spiro atoms. The summed E-state index contributed by atoms with van der Waals surface area (Å²) >= 11 is 126. The lowest BCUT2D eigenvalue weighted by Gasteiger charge is -2.38. The molecule has 0 saturated heterocycles. The van der Waals surface area contributed by atoms with E-state index in [1.54, 1.807) is 0 Å². The molecule has 0 amide bonds. The van der Waals surface area contributed by atoms with Crippen LogP contribution in [0.5, 0.6) is 0 Å². The maximum Gasteiger partial charge on any atom is 0.267 e. The molecule has 127 heavy (non-hydrogen) atoms. The van der Waals surface area contributed by atoms with Crippen LogP contribution in [0.3, 0.4) is 0 Å². The van der Waals surface area contributed by atoms with Crippen LogP contribution in [0.4, 0.5) is 0 Å². The van der Waals surface area contributed by atoms with Gasteiger partial charge in [-0.15, -0.1) is 222 Å². The summed E-state index contributed by atoms with van der Waals surface area (Å²) in [6.07, 6.45) is 43.3. The Morgan fingerprint density at radius 3 is 0.890 bits per heavy atom. The van der Waals surface area contributed by atoms with Gasteiger partial charge in [-0.1, -0.05) is 332 Å². The highest BCUT2D eigenvalue weighted by Gasteiger charge is 2.53.